The molecule has 1 unspecified atom stereocenters. The van der Waals surface area contributed by atoms with E-state index >= 15 is 0 Å². The first-order chi connectivity index (χ1) is 9.65. The van der Waals surface area contributed by atoms with E-state index < -0.39 is 5.76 Å². The number of likely N-dealkylation sites (tertiary alicyclic amines) is 1. The lowest BCUT2D eigenvalue weighted by atomic mass is 9.98. The Bertz CT molecular complexity index is 670. The summed E-state index contributed by atoms with van der Waals surface area (Å²) in [6.07, 6.45) is 3.30. The number of aromatic amines is 1. The van der Waals surface area contributed by atoms with Crippen LogP contribution in [0.5, 0.6) is 0 Å². The van der Waals surface area contributed by atoms with Gasteiger partial charge in [-0.15, -0.1) is 5.10 Å². The molecular formula is C12H15N5O3. The third kappa shape index (κ3) is 2.24. The van der Waals surface area contributed by atoms with E-state index in [0.29, 0.717) is 24.7 Å². The number of H-pyrrole nitrogens is 1. The molecule has 0 bridgehead atoms. The second-order valence-corrected chi connectivity index (χ2v) is 4.88. The van der Waals surface area contributed by atoms with E-state index in [0.717, 1.165) is 12.8 Å². The molecule has 1 aliphatic rings. The Morgan fingerprint density at radius 2 is 2.40 bits per heavy atom. The van der Waals surface area contributed by atoms with Crippen molar-refractivity contribution >= 4 is 5.91 Å². The summed E-state index contributed by atoms with van der Waals surface area (Å²) in [5, 5.41) is 10.1. The van der Waals surface area contributed by atoms with Gasteiger partial charge < -0.3 is 9.32 Å². The Balaban J connectivity index is 1.77. The summed E-state index contributed by atoms with van der Waals surface area (Å²) in [5.74, 6) is -0.292. The topological polar surface area (TPSA) is 97.0 Å². The minimum atomic E-state index is -0.560. The normalized spacial score (nSPS) is 19.2. The van der Waals surface area contributed by atoms with E-state index in [2.05, 4.69) is 15.3 Å². The number of piperidine rings is 1. The number of carbonyl (C=O) groups excluding carboxylic acids is 1. The highest BCUT2D eigenvalue weighted by molar-refractivity contribution is 5.92. The van der Waals surface area contributed by atoms with Crippen LogP contribution in [-0.4, -0.2) is 43.9 Å². The highest BCUT2D eigenvalue weighted by atomic mass is 16.4. The monoisotopic (exact) mass is 277 g/mol. The molecule has 2 aromatic heterocycles. The lowest BCUT2D eigenvalue weighted by Crippen LogP contribution is -2.40. The average molecular weight is 277 g/mol. The van der Waals surface area contributed by atoms with Crippen molar-refractivity contribution in [1.29, 1.82) is 0 Å². The molecule has 1 amide bonds. The molecule has 106 valence electrons. The Morgan fingerprint density at radius 1 is 1.55 bits per heavy atom. The third-order valence-corrected chi connectivity index (χ3v) is 3.55. The van der Waals surface area contributed by atoms with Gasteiger partial charge in [-0.25, -0.2) is 9.89 Å². The van der Waals surface area contributed by atoms with Crippen molar-refractivity contribution < 1.29 is 9.21 Å². The van der Waals surface area contributed by atoms with E-state index in [1.165, 1.54) is 0 Å². The van der Waals surface area contributed by atoms with Gasteiger partial charge in [-0.05, 0) is 18.9 Å². The number of aryl methyl sites for hydroxylation is 1. The van der Waals surface area contributed by atoms with Gasteiger partial charge in [0.1, 0.15) is 5.69 Å². The van der Waals surface area contributed by atoms with Gasteiger partial charge in [-0.3, -0.25) is 9.48 Å². The van der Waals surface area contributed by atoms with Crippen molar-refractivity contribution in [3.63, 3.8) is 0 Å². The molecule has 0 aromatic carbocycles. The summed E-state index contributed by atoms with van der Waals surface area (Å²) < 4.78 is 6.54. The first-order valence-electron chi connectivity index (χ1n) is 6.48. The Hall–Kier alpha value is -2.38. The second-order valence-electron chi connectivity index (χ2n) is 4.88. The van der Waals surface area contributed by atoms with Gasteiger partial charge in [0.25, 0.3) is 5.91 Å². The van der Waals surface area contributed by atoms with Gasteiger partial charge in [0.2, 0.25) is 5.89 Å². The molecule has 20 heavy (non-hydrogen) atoms. The van der Waals surface area contributed by atoms with E-state index in [1.807, 2.05) is 0 Å². The van der Waals surface area contributed by atoms with Gasteiger partial charge >= 0.3 is 5.76 Å². The SMILES string of the molecule is Cn1nccc1C(=O)N1CCCC(c2n[nH]c(=O)o2)C1. The lowest BCUT2D eigenvalue weighted by Gasteiger charge is -2.30. The molecule has 8 nitrogen and oxygen atoms in total. The summed E-state index contributed by atoms with van der Waals surface area (Å²) in [7, 11) is 1.74. The molecule has 0 spiro atoms. The highest BCUT2D eigenvalue weighted by Gasteiger charge is 2.29. The number of rotatable bonds is 2. The maximum atomic E-state index is 12.4. The fraction of sp³-hybridized carbons (Fsp3) is 0.500. The molecule has 1 N–H and O–H groups in total. The second kappa shape index (κ2) is 4.95. The number of carbonyl (C=O) groups is 1. The zero-order valence-electron chi connectivity index (χ0n) is 11.1. The van der Waals surface area contributed by atoms with Crippen molar-refractivity contribution in [2.45, 2.75) is 18.8 Å². The lowest BCUT2D eigenvalue weighted by molar-refractivity contribution is 0.0686. The highest BCUT2D eigenvalue weighted by Crippen LogP contribution is 2.25. The summed E-state index contributed by atoms with van der Waals surface area (Å²) in [6, 6.07) is 1.70. The number of nitrogens with zero attached hydrogens (tertiary/aromatic N) is 4. The van der Waals surface area contributed by atoms with E-state index in [4.69, 9.17) is 4.42 Å². The van der Waals surface area contributed by atoms with Gasteiger partial charge in [-0.2, -0.15) is 5.10 Å². The molecule has 0 radical (unpaired) electrons. The summed E-state index contributed by atoms with van der Waals surface area (Å²) >= 11 is 0. The van der Waals surface area contributed by atoms with Crippen LogP contribution < -0.4 is 5.76 Å². The predicted molar refractivity (Wildman–Crippen MR) is 68.2 cm³/mol. The van der Waals surface area contributed by atoms with Crippen molar-refractivity contribution in [1.82, 2.24) is 24.9 Å². The molecule has 1 aliphatic heterocycles. The van der Waals surface area contributed by atoms with E-state index in [-0.39, 0.29) is 11.8 Å². The molecular weight excluding hydrogens is 262 g/mol. The molecule has 3 heterocycles. The van der Waals surface area contributed by atoms with Crippen LogP contribution in [0.3, 0.4) is 0 Å². The van der Waals surface area contributed by atoms with Crippen LogP contribution >= 0.6 is 0 Å². The van der Waals surface area contributed by atoms with Crippen molar-refractivity contribution in [3.8, 4) is 0 Å². The number of amides is 1. The fourth-order valence-electron chi connectivity index (χ4n) is 2.52. The Labute approximate surface area is 114 Å². The number of nitrogens with one attached hydrogen (secondary N) is 1. The zero-order valence-corrected chi connectivity index (χ0v) is 11.1. The average Bonchev–Trinajstić information content (AvgIpc) is 3.07. The fourth-order valence-corrected chi connectivity index (χ4v) is 2.52. The molecule has 1 atom stereocenters. The van der Waals surface area contributed by atoms with Crippen LogP contribution in [0.4, 0.5) is 0 Å². The van der Waals surface area contributed by atoms with Crippen LogP contribution in [0, 0.1) is 0 Å². The van der Waals surface area contributed by atoms with Crippen LogP contribution in [0.25, 0.3) is 0 Å². The Morgan fingerprint density at radius 3 is 3.05 bits per heavy atom. The molecule has 0 aliphatic carbocycles. The first-order valence-corrected chi connectivity index (χ1v) is 6.48. The van der Waals surface area contributed by atoms with Crippen LogP contribution in [0.2, 0.25) is 0 Å². The number of hydrogen-bond acceptors (Lipinski definition) is 5. The first kappa shape index (κ1) is 12.6. The molecule has 1 fully saturated rings. The standard InChI is InChI=1S/C12H15N5O3/c1-16-9(4-5-13-16)11(18)17-6-2-3-8(7-17)10-14-15-12(19)20-10/h4-5,8H,2-3,6-7H2,1H3,(H,15,19). The maximum absolute atomic E-state index is 12.4. The Kier molecular flexibility index (Phi) is 3.13. The predicted octanol–water partition coefficient (Wildman–Crippen LogP) is 0.116. The third-order valence-electron chi connectivity index (χ3n) is 3.55. The minimum Gasteiger partial charge on any atom is -0.392 e. The quantitative estimate of drug-likeness (QED) is 0.840. The van der Waals surface area contributed by atoms with Crippen LogP contribution in [0.15, 0.2) is 21.5 Å². The van der Waals surface area contributed by atoms with Crippen LogP contribution in [-0.2, 0) is 7.05 Å². The van der Waals surface area contributed by atoms with Gasteiger partial charge in [0.05, 0.1) is 5.92 Å². The minimum absolute atomic E-state index is 0.0418. The zero-order chi connectivity index (χ0) is 14.1. The molecule has 8 heteroatoms. The summed E-state index contributed by atoms with van der Waals surface area (Å²) in [6.45, 7) is 1.19. The summed E-state index contributed by atoms with van der Waals surface area (Å²) in [4.78, 5) is 25.2. The molecule has 3 rings (SSSR count). The van der Waals surface area contributed by atoms with E-state index in [1.54, 1.807) is 28.9 Å². The molecule has 2 aromatic rings. The smallest absolute Gasteiger partial charge is 0.392 e. The van der Waals surface area contributed by atoms with Gasteiger partial charge in [-0.1, -0.05) is 0 Å². The maximum Gasteiger partial charge on any atom is 0.434 e. The van der Waals surface area contributed by atoms with Gasteiger partial charge in [0, 0.05) is 26.3 Å². The van der Waals surface area contributed by atoms with E-state index in [9.17, 15) is 9.59 Å². The number of hydrogen-bond donors (Lipinski definition) is 1. The van der Waals surface area contributed by atoms with Gasteiger partial charge in [0.15, 0.2) is 0 Å². The summed E-state index contributed by atoms with van der Waals surface area (Å²) in [5.41, 5.74) is 0.550. The molecule has 1 saturated heterocycles. The van der Waals surface area contributed by atoms with Crippen molar-refractivity contribution in [3.05, 3.63) is 34.4 Å². The number of aromatic nitrogens is 4. The van der Waals surface area contributed by atoms with Crippen LogP contribution in [0.1, 0.15) is 35.1 Å². The largest absolute Gasteiger partial charge is 0.434 e. The molecule has 0 saturated carbocycles. The van der Waals surface area contributed by atoms with Crippen molar-refractivity contribution in [2.24, 2.45) is 7.05 Å². The van der Waals surface area contributed by atoms with Crippen molar-refractivity contribution in [2.75, 3.05) is 13.1 Å².